The number of aliphatic hydroxyl groups is 1. The van der Waals surface area contributed by atoms with Gasteiger partial charge in [-0.3, -0.25) is 0 Å². The maximum atomic E-state index is 9.51. The number of benzene rings is 1. The van der Waals surface area contributed by atoms with Crippen molar-refractivity contribution in [3.8, 4) is 11.5 Å². The zero-order valence-corrected chi connectivity index (χ0v) is 10.8. The summed E-state index contributed by atoms with van der Waals surface area (Å²) in [5, 5.41) is 22.0. The summed E-state index contributed by atoms with van der Waals surface area (Å²) >= 11 is 0. The van der Waals surface area contributed by atoms with Crippen LogP contribution < -0.4 is 10.1 Å². The lowest BCUT2D eigenvalue weighted by atomic mass is 10.0. The summed E-state index contributed by atoms with van der Waals surface area (Å²) in [7, 11) is 1.52. The topological polar surface area (TPSA) is 61.7 Å². The Morgan fingerprint density at radius 3 is 2.59 bits per heavy atom. The number of ether oxygens (including phenoxy) is 1. The molecule has 17 heavy (non-hydrogen) atoms. The average molecular weight is 239 g/mol. The van der Waals surface area contributed by atoms with Crippen molar-refractivity contribution in [3.05, 3.63) is 23.8 Å². The monoisotopic (exact) mass is 239 g/mol. The minimum Gasteiger partial charge on any atom is -0.504 e. The predicted molar refractivity (Wildman–Crippen MR) is 67.4 cm³/mol. The SMILES string of the molecule is COc1cc(C(C)NC(C)(C)CO)ccc1O. The van der Waals surface area contributed by atoms with E-state index < -0.39 is 0 Å². The number of rotatable bonds is 5. The maximum absolute atomic E-state index is 9.51. The zero-order valence-electron chi connectivity index (χ0n) is 10.8. The normalized spacial score (nSPS) is 13.5. The molecule has 0 fully saturated rings. The lowest BCUT2D eigenvalue weighted by Crippen LogP contribution is -2.43. The lowest BCUT2D eigenvalue weighted by molar-refractivity contribution is 0.177. The van der Waals surface area contributed by atoms with Gasteiger partial charge in [0.25, 0.3) is 0 Å². The molecule has 96 valence electrons. The van der Waals surface area contributed by atoms with Gasteiger partial charge in [-0.2, -0.15) is 0 Å². The van der Waals surface area contributed by atoms with Crippen LogP contribution in [0.4, 0.5) is 0 Å². The van der Waals surface area contributed by atoms with Crippen LogP contribution in [0.2, 0.25) is 0 Å². The molecular formula is C13H21NO3. The van der Waals surface area contributed by atoms with Gasteiger partial charge >= 0.3 is 0 Å². The summed E-state index contributed by atoms with van der Waals surface area (Å²) in [6.45, 7) is 5.93. The molecule has 1 atom stereocenters. The standard InChI is InChI=1S/C13H21NO3/c1-9(14-13(2,3)8-15)10-5-6-11(16)12(7-10)17-4/h5-7,9,14-16H,8H2,1-4H3. The summed E-state index contributed by atoms with van der Waals surface area (Å²) in [6, 6.07) is 5.30. The average Bonchev–Trinajstić information content (AvgIpc) is 2.29. The Morgan fingerprint density at radius 2 is 2.06 bits per heavy atom. The largest absolute Gasteiger partial charge is 0.504 e. The molecule has 0 aliphatic heterocycles. The van der Waals surface area contributed by atoms with Crippen molar-refractivity contribution < 1.29 is 14.9 Å². The highest BCUT2D eigenvalue weighted by molar-refractivity contribution is 5.42. The molecule has 0 amide bonds. The van der Waals surface area contributed by atoms with Gasteiger partial charge in [0.1, 0.15) is 0 Å². The molecule has 1 rings (SSSR count). The number of hydrogen-bond acceptors (Lipinski definition) is 4. The molecule has 0 saturated carbocycles. The first-order valence-corrected chi connectivity index (χ1v) is 5.65. The van der Waals surface area contributed by atoms with Crippen LogP contribution in [0.3, 0.4) is 0 Å². The van der Waals surface area contributed by atoms with Gasteiger partial charge in [0, 0.05) is 11.6 Å². The highest BCUT2D eigenvalue weighted by Gasteiger charge is 2.20. The van der Waals surface area contributed by atoms with E-state index in [2.05, 4.69) is 5.32 Å². The van der Waals surface area contributed by atoms with Crippen LogP contribution in [0.5, 0.6) is 11.5 Å². The summed E-state index contributed by atoms with van der Waals surface area (Å²) in [4.78, 5) is 0. The van der Waals surface area contributed by atoms with Crippen molar-refractivity contribution in [2.24, 2.45) is 0 Å². The second kappa shape index (κ2) is 5.38. The van der Waals surface area contributed by atoms with Crippen molar-refractivity contribution in [1.29, 1.82) is 0 Å². The fourth-order valence-corrected chi connectivity index (χ4v) is 1.68. The van der Waals surface area contributed by atoms with Crippen molar-refractivity contribution in [1.82, 2.24) is 5.32 Å². The summed E-state index contributed by atoms with van der Waals surface area (Å²) in [6.07, 6.45) is 0. The molecule has 4 nitrogen and oxygen atoms in total. The minimum atomic E-state index is -0.343. The number of aliphatic hydroxyl groups excluding tert-OH is 1. The van der Waals surface area contributed by atoms with Gasteiger partial charge in [-0.05, 0) is 38.5 Å². The van der Waals surface area contributed by atoms with E-state index in [-0.39, 0.29) is 23.9 Å². The second-order valence-electron chi connectivity index (χ2n) is 4.84. The van der Waals surface area contributed by atoms with Gasteiger partial charge in [0.15, 0.2) is 11.5 Å². The molecule has 1 aromatic carbocycles. The van der Waals surface area contributed by atoms with E-state index in [1.165, 1.54) is 7.11 Å². The van der Waals surface area contributed by atoms with E-state index in [9.17, 15) is 10.2 Å². The van der Waals surface area contributed by atoms with Gasteiger partial charge in [-0.1, -0.05) is 6.07 Å². The highest BCUT2D eigenvalue weighted by Crippen LogP contribution is 2.29. The van der Waals surface area contributed by atoms with Crippen molar-refractivity contribution in [2.75, 3.05) is 13.7 Å². The lowest BCUT2D eigenvalue weighted by Gasteiger charge is -2.28. The minimum absolute atomic E-state index is 0.0617. The molecule has 0 heterocycles. The van der Waals surface area contributed by atoms with E-state index in [1.54, 1.807) is 12.1 Å². The Labute approximate surface area is 102 Å². The number of aromatic hydroxyl groups is 1. The molecule has 0 saturated heterocycles. The summed E-state index contributed by atoms with van der Waals surface area (Å²) < 4.78 is 5.07. The molecular weight excluding hydrogens is 218 g/mol. The van der Waals surface area contributed by atoms with Gasteiger partial charge in [0.2, 0.25) is 0 Å². The molecule has 0 aliphatic carbocycles. The Bertz CT molecular complexity index is 377. The van der Waals surface area contributed by atoms with Crippen LogP contribution >= 0.6 is 0 Å². The molecule has 1 aromatic rings. The van der Waals surface area contributed by atoms with Crippen LogP contribution in [0.25, 0.3) is 0 Å². The number of phenolic OH excluding ortho intramolecular Hbond substituents is 1. The first-order valence-electron chi connectivity index (χ1n) is 5.65. The summed E-state index contributed by atoms with van der Waals surface area (Å²) in [5.74, 6) is 0.586. The predicted octanol–water partition coefficient (Wildman–Crippen LogP) is 1.82. The van der Waals surface area contributed by atoms with Crippen molar-refractivity contribution >= 4 is 0 Å². The Balaban J connectivity index is 2.86. The zero-order chi connectivity index (χ0) is 13.1. The quantitative estimate of drug-likeness (QED) is 0.733. The molecule has 0 bridgehead atoms. The van der Waals surface area contributed by atoms with E-state index >= 15 is 0 Å². The number of methoxy groups -OCH3 is 1. The molecule has 0 spiro atoms. The molecule has 0 aromatic heterocycles. The third kappa shape index (κ3) is 3.61. The molecule has 1 unspecified atom stereocenters. The maximum Gasteiger partial charge on any atom is 0.160 e. The van der Waals surface area contributed by atoms with Crippen molar-refractivity contribution in [2.45, 2.75) is 32.4 Å². The molecule has 0 radical (unpaired) electrons. The van der Waals surface area contributed by atoms with Crippen LogP contribution in [0, 0.1) is 0 Å². The Hall–Kier alpha value is -1.26. The van der Waals surface area contributed by atoms with E-state index in [0.29, 0.717) is 5.75 Å². The molecule has 4 heteroatoms. The first kappa shape index (κ1) is 13.8. The first-order chi connectivity index (χ1) is 7.89. The fourth-order valence-electron chi connectivity index (χ4n) is 1.68. The van der Waals surface area contributed by atoms with E-state index in [0.717, 1.165) is 5.56 Å². The van der Waals surface area contributed by atoms with Gasteiger partial charge in [-0.15, -0.1) is 0 Å². The van der Waals surface area contributed by atoms with Gasteiger partial charge in [-0.25, -0.2) is 0 Å². The molecule has 3 N–H and O–H groups in total. The van der Waals surface area contributed by atoms with Gasteiger partial charge in [0.05, 0.1) is 13.7 Å². The number of hydrogen-bond donors (Lipinski definition) is 3. The highest BCUT2D eigenvalue weighted by atomic mass is 16.5. The Morgan fingerprint density at radius 1 is 1.41 bits per heavy atom. The third-order valence-electron chi connectivity index (χ3n) is 2.71. The van der Waals surface area contributed by atoms with Crippen LogP contribution in [0.1, 0.15) is 32.4 Å². The third-order valence-corrected chi connectivity index (χ3v) is 2.71. The van der Waals surface area contributed by atoms with E-state index in [4.69, 9.17) is 4.74 Å². The number of phenols is 1. The van der Waals surface area contributed by atoms with E-state index in [1.807, 2.05) is 26.8 Å². The molecule has 0 aliphatic rings. The van der Waals surface area contributed by atoms with Crippen molar-refractivity contribution in [3.63, 3.8) is 0 Å². The second-order valence-corrected chi connectivity index (χ2v) is 4.84. The smallest absolute Gasteiger partial charge is 0.160 e. The summed E-state index contributed by atoms with van der Waals surface area (Å²) in [5.41, 5.74) is 0.658. The fraction of sp³-hybridized carbons (Fsp3) is 0.538. The van der Waals surface area contributed by atoms with Crippen LogP contribution in [-0.4, -0.2) is 29.5 Å². The van der Waals surface area contributed by atoms with Crippen LogP contribution in [-0.2, 0) is 0 Å². The van der Waals surface area contributed by atoms with Gasteiger partial charge < -0.3 is 20.3 Å². The number of nitrogens with one attached hydrogen (secondary N) is 1. The van der Waals surface area contributed by atoms with Crippen LogP contribution in [0.15, 0.2) is 18.2 Å². The Kier molecular flexibility index (Phi) is 4.37.